The number of rotatable bonds is 2. The van der Waals surface area contributed by atoms with Crippen molar-refractivity contribution in [1.82, 2.24) is 4.90 Å². The van der Waals surface area contributed by atoms with Gasteiger partial charge in [-0.25, -0.2) is 0 Å². The molecule has 1 amide bonds. The molecule has 1 N–H and O–H groups in total. The lowest BCUT2D eigenvalue weighted by Gasteiger charge is -2.34. The molecule has 0 spiro atoms. The van der Waals surface area contributed by atoms with Gasteiger partial charge < -0.3 is 10.0 Å². The summed E-state index contributed by atoms with van der Waals surface area (Å²) in [6.45, 7) is 1.97. The lowest BCUT2D eigenvalue weighted by Crippen LogP contribution is -2.44. The molecule has 0 aromatic carbocycles. The largest absolute Gasteiger partial charge is 0.481 e. The summed E-state index contributed by atoms with van der Waals surface area (Å²) in [6.07, 6.45) is -3.02. The van der Waals surface area contributed by atoms with E-state index < -0.39 is 35.8 Å². The Morgan fingerprint density at radius 3 is 2.24 bits per heavy atom. The molecule has 7 heteroatoms. The Kier molecular flexibility index (Phi) is 4.49. The Morgan fingerprint density at radius 1 is 1.10 bits per heavy atom. The normalized spacial score (nSPS) is 34.0. The smallest absolute Gasteiger partial charge is 0.392 e. The third-order valence-electron chi connectivity index (χ3n) is 4.74. The van der Waals surface area contributed by atoms with Gasteiger partial charge in [0.15, 0.2) is 0 Å². The minimum absolute atomic E-state index is 0.00827. The van der Waals surface area contributed by atoms with Gasteiger partial charge in [-0.15, -0.1) is 0 Å². The molecule has 120 valence electrons. The van der Waals surface area contributed by atoms with E-state index in [0.29, 0.717) is 12.8 Å². The van der Waals surface area contributed by atoms with Gasteiger partial charge >= 0.3 is 12.1 Å². The van der Waals surface area contributed by atoms with E-state index in [1.54, 1.807) is 6.92 Å². The molecule has 0 aromatic heterocycles. The highest BCUT2D eigenvalue weighted by atomic mass is 19.4. The first-order chi connectivity index (χ1) is 9.71. The van der Waals surface area contributed by atoms with Crippen LogP contribution in [0.3, 0.4) is 0 Å². The van der Waals surface area contributed by atoms with Crippen molar-refractivity contribution in [2.75, 3.05) is 13.1 Å². The van der Waals surface area contributed by atoms with E-state index in [4.69, 9.17) is 5.11 Å². The number of hydrogen-bond donors (Lipinski definition) is 1. The van der Waals surface area contributed by atoms with Crippen molar-refractivity contribution in [1.29, 1.82) is 0 Å². The minimum atomic E-state index is -4.36. The van der Waals surface area contributed by atoms with Crippen LogP contribution in [0.2, 0.25) is 0 Å². The highest BCUT2D eigenvalue weighted by molar-refractivity contribution is 5.81. The van der Waals surface area contributed by atoms with Gasteiger partial charge in [0, 0.05) is 19.0 Å². The van der Waals surface area contributed by atoms with Crippen molar-refractivity contribution >= 4 is 11.9 Å². The molecule has 2 unspecified atom stereocenters. The van der Waals surface area contributed by atoms with Gasteiger partial charge in [0.05, 0.1) is 11.8 Å². The number of nitrogens with zero attached hydrogens (tertiary/aromatic N) is 1. The average Bonchev–Trinajstić information content (AvgIpc) is 2.79. The molecular weight excluding hydrogens is 287 g/mol. The Bertz CT molecular complexity index is 424. The highest BCUT2D eigenvalue weighted by Crippen LogP contribution is 2.42. The third kappa shape index (κ3) is 3.32. The maximum atomic E-state index is 13.1. The number of halogens is 3. The second-order valence-electron chi connectivity index (χ2n) is 6.20. The van der Waals surface area contributed by atoms with Crippen LogP contribution in [0.5, 0.6) is 0 Å². The molecular formula is C14H20F3NO3. The summed E-state index contributed by atoms with van der Waals surface area (Å²) in [5, 5.41) is 9.06. The molecule has 21 heavy (non-hydrogen) atoms. The van der Waals surface area contributed by atoms with Crippen molar-refractivity contribution in [2.45, 2.75) is 38.8 Å². The van der Waals surface area contributed by atoms with Gasteiger partial charge in [-0.05, 0) is 18.8 Å². The van der Waals surface area contributed by atoms with Gasteiger partial charge in [0.2, 0.25) is 5.91 Å². The van der Waals surface area contributed by atoms with Crippen LogP contribution in [-0.2, 0) is 9.59 Å². The quantitative estimate of drug-likeness (QED) is 0.853. The SMILES string of the molecule is C[C@@H]1CN(C(=O)C2CCCCC2C(F)(F)F)C[C@H]1C(=O)O. The van der Waals surface area contributed by atoms with Crippen LogP contribution in [0, 0.1) is 23.7 Å². The first-order valence-corrected chi connectivity index (χ1v) is 7.30. The van der Waals surface area contributed by atoms with Crippen molar-refractivity contribution in [2.24, 2.45) is 23.7 Å². The fourth-order valence-corrected chi connectivity index (χ4v) is 3.52. The molecule has 0 radical (unpaired) electrons. The van der Waals surface area contributed by atoms with Crippen molar-refractivity contribution < 1.29 is 27.9 Å². The molecule has 1 saturated heterocycles. The third-order valence-corrected chi connectivity index (χ3v) is 4.74. The van der Waals surface area contributed by atoms with Crippen LogP contribution >= 0.6 is 0 Å². The van der Waals surface area contributed by atoms with Gasteiger partial charge in [0.25, 0.3) is 0 Å². The first-order valence-electron chi connectivity index (χ1n) is 7.30. The Labute approximate surface area is 121 Å². The van der Waals surface area contributed by atoms with Gasteiger partial charge in [-0.2, -0.15) is 13.2 Å². The molecule has 4 nitrogen and oxygen atoms in total. The second-order valence-corrected chi connectivity index (χ2v) is 6.20. The predicted molar refractivity (Wildman–Crippen MR) is 68.4 cm³/mol. The zero-order valence-corrected chi connectivity index (χ0v) is 11.9. The van der Waals surface area contributed by atoms with Crippen LogP contribution in [0.4, 0.5) is 13.2 Å². The van der Waals surface area contributed by atoms with Gasteiger partial charge in [-0.1, -0.05) is 19.8 Å². The number of carboxylic acid groups (broad SMARTS) is 1. The summed E-state index contributed by atoms with van der Waals surface area (Å²) in [7, 11) is 0. The lowest BCUT2D eigenvalue weighted by atomic mass is 9.78. The number of carboxylic acids is 1. The number of likely N-dealkylation sites (tertiary alicyclic amines) is 1. The van der Waals surface area contributed by atoms with Crippen LogP contribution < -0.4 is 0 Å². The van der Waals surface area contributed by atoms with Crippen molar-refractivity contribution in [3.05, 3.63) is 0 Å². The summed E-state index contributed by atoms with van der Waals surface area (Å²) in [6, 6.07) is 0. The van der Waals surface area contributed by atoms with E-state index in [1.165, 1.54) is 4.90 Å². The molecule has 2 aliphatic rings. The first kappa shape index (κ1) is 16.1. The Balaban J connectivity index is 2.10. The molecule has 1 heterocycles. The predicted octanol–water partition coefficient (Wildman–Crippen LogP) is 2.53. The van der Waals surface area contributed by atoms with E-state index >= 15 is 0 Å². The summed E-state index contributed by atoms with van der Waals surface area (Å²) in [5.41, 5.74) is 0. The number of carbonyl (C=O) groups is 2. The van der Waals surface area contributed by atoms with E-state index in [-0.39, 0.29) is 31.8 Å². The zero-order valence-electron chi connectivity index (χ0n) is 11.9. The number of amides is 1. The minimum Gasteiger partial charge on any atom is -0.481 e. The van der Waals surface area contributed by atoms with Crippen LogP contribution in [0.25, 0.3) is 0 Å². The van der Waals surface area contributed by atoms with E-state index in [2.05, 4.69) is 0 Å². The highest BCUT2D eigenvalue weighted by Gasteiger charge is 2.50. The maximum absolute atomic E-state index is 13.1. The molecule has 1 aliphatic heterocycles. The van der Waals surface area contributed by atoms with Crippen LogP contribution in [0.15, 0.2) is 0 Å². The molecule has 1 saturated carbocycles. The molecule has 1 aliphatic carbocycles. The zero-order chi connectivity index (χ0) is 15.8. The number of alkyl halides is 3. The number of aliphatic carboxylic acids is 1. The van der Waals surface area contributed by atoms with E-state index in [9.17, 15) is 22.8 Å². The van der Waals surface area contributed by atoms with Crippen LogP contribution in [-0.4, -0.2) is 41.1 Å². The Morgan fingerprint density at radius 2 is 1.71 bits per heavy atom. The monoisotopic (exact) mass is 307 g/mol. The summed E-state index contributed by atoms with van der Waals surface area (Å²) < 4.78 is 39.2. The van der Waals surface area contributed by atoms with Gasteiger partial charge in [0.1, 0.15) is 0 Å². The van der Waals surface area contributed by atoms with Crippen LogP contribution in [0.1, 0.15) is 32.6 Å². The van der Waals surface area contributed by atoms with Gasteiger partial charge in [-0.3, -0.25) is 9.59 Å². The van der Waals surface area contributed by atoms with E-state index in [0.717, 1.165) is 0 Å². The number of carbonyl (C=O) groups excluding carboxylic acids is 1. The standard InChI is InChI=1S/C14H20F3NO3/c1-8-6-18(7-10(8)13(20)21)12(19)9-4-2-3-5-11(9)14(15,16)17/h8-11H,2-7H2,1H3,(H,20,21)/t8-,9?,10-,11?/m1/s1. The molecule has 0 bridgehead atoms. The van der Waals surface area contributed by atoms with Crippen molar-refractivity contribution in [3.8, 4) is 0 Å². The summed E-state index contributed by atoms with van der Waals surface area (Å²) in [5.74, 6) is -5.04. The molecule has 4 atom stereocenters. The second kappa shape index (κ2) is 5.85. The topological polar surface area (TPSA) is 57.6 Å². The number of hydrogen-bond acceptors (Lipinski definition) is 2. The Hall–Kier alpha value is -1.27. The summed E-state index contributed by atoms with van der Waals surface area (Å²) >= 11 is 0. The molecule has 2 fully saturated rings. The average molecular weight is 307 g/mol. The van der Waals surface area contributed by atoms with Crippen molar-refractivity contribution in [3.63, 3.8) is 0 Å². The lowest BCUT2D eigenvalue weighted by molar-refractivity contribution is -0.200. The molecule has 0 aromatic rings. The maximum Gasteiger partial charge on any atom is 0.392 e. The summed E-state index contributed by atoms with van der Waals surface area (Å²) in [4.78, 5) is 24.8. The fraction of sp³-hybridized carbons (Fsp3) is 0.857. The molecule has 2 rings (SSSR count). The van der Waals surface area contributed by atoms with E-state index in [1.807, 2.05) is 0 Å². The fourth-order valence-electron chi connectivity index (χ4n) is 3.52.